The molecule has 2 rings (SSSR count). The molecule has 1 aliphatic rings. The highest BCUT2D eigenvalue weighted by Gasteiger charge is 2.49. The smallest absolute Gasteiger partial charge is 0.389 e. The number of benzene rings is 1. The predicted molar refractivity (Wildman–Crippen MR) is 67.9 cm³/mol. The van der Waals surface area contributed by atoms with Crippen molar-refractivity contribution in [2.24, 2.45) is 5.16 Å². The zero-order valence-corrected chi connectivity index (χ0v) is 12.3. The van der Waals surface area contributed by atoms with Gasteiger partial charge in [-0.25, -0.2) is 8.78 Å². The molecular weight excluding hydrogens is 349 g/mol. The van der Waals surface area contributed by atoms with E-state index in [1.807, 2.05) is 0 Å². The van der Waals surface area contributed by atoms with Crippen LogP contribution in [0.25, 0.3) is 0 Å². The number of halogens is 5. The molecule has 0 aromatic heterocycles. The Morgan fingerprint density at radius 1 is 1.26 bits per heavy atom. The first kappa shape index (κ1) is 17.6. The van der Waals surface area contributed by atoms with Crippen molar-refractivity contribution in [1.29, 1.82) is 0 Å². The van der Waals surface area contributed by atoms with E-state index in [0.29, 0.717) is 6.07 Å². The molecule has 1 aliphatic heterocycles. The van der Waals surface area contributed by atoms with E-state index in [2.05, 4.69) is 9.34 Å². The minimum Gasteiger partial charge on any atom is -0.389 e. The van der Waals surface area contributed by atoms with Gasteiger partial charge in [0.25, 0.3) is 0 Å². The number of nitrogens with zero attached hydrogens (tertiary/aromatic N) is 1. The molecule has 0 fully saturated rings. The average Bonchev–Trinajstić information content (AvgIpc) is 2.85. The largest absolute Gasteiger partial charge is 0.523 e. The van der Waals surface area contributed by atoms with E-state index < -0.39 is 39.5 Å². The topological polar surface area (TPSA) is 65.0 Å². The molecule has 0 aliphatic carbocycles. The van der Waals surface area contributed by atoms with E-state index in [4.69, 9.17) is 4.84 Å². The van der Waals surface area contributed by atoms with Crippen molar-refractivity contribution >= 4 is 15.8 Å². The number of alkyl halides is 3. The summed E-state index contributed by atoms with van der Waals surface area (Å²) in [6.45, 7) is 1.05. The molecule has 0 spiro atoms. The third kappa shape index (κ3) is 3.96. The second kappa shape index (κ2) is 6.04. The Hall–Kier alpha value is -1.75. The van der Waals surface area contributed by atoms with Gasteiger partial charge in [0.15, 0.2) is 6.10 Å². The Morgan fingerprint density at radius 3 is 2.35 bits per heavy atom. The number of hydrogen-bond donors (Lipinski definition) is 0. The fourth-order valence-corrected chi connectivity index (χ4v) is 2.49. The zero-order valence-electron chi connectivity index (χ0n) is 11.5. The van der Waals surface area contributed by atoms with Crippen molar-refractivity contribution in [3.63, 3.8) is 0 Å². The van der Waals surface area contributed by atoms with Gasteiger partial charge in [-0.2, -0.15) is 21.6 Å². The second-order valence-corrected chi connectivity index (χ2v) is 6.31. The van der Waals surface area contributed by atoms with Crippen LogP contribution in [0.15, 0.2) is 23.4 Å². The Bertz CT molecular complexity index is 711. The molecule has 0 amide bonds. The number of rotatable bonds is 4. The highest BCUT2D eigenvalue weighted by atomic mass is 32.2. The van der Waals surface area contributed by atoms with E-state index in [1.54, 1.807) is 0 Å². The van der Waals surface area contributed by atoms with Crippen LogP contribution in [0.2, 0.25) is 0 Å². The second-order valence-electron chi connectivity index (χ2n) is 4.75. The lowest BCUT2D eigenvalue weighted by Crippen LogP contribution is -2.34. The van der Waals surface area contributed by atoms with Gasteiger partial charge < -0.3 is 4.84 Å². The molecule has 1 aromatic rings. The molecule has 1 aromatic carbocycles. The van der Waals surface area contributed by atoms with Gasteiger partial charge in [0, 0.05) is 18.1 Å². The molecule has 0 saturated heterocycles. The van der Waals surface area contributed by atoms with Crippen LogP contribution in [0.4, 0.5) is 22.0 Å². The van der Waals surface area contributed by atoms with Gasteiger partial charge >= 0.3 is 15.6 Å². The standard InChI is InChI=1S/C12H10F5NO4S/c1-6(22-23(19,20)12(15,16)17)11-5-10(18-21-11)7-2-8(13)4-9(14)3-7/h2-4,6,11H,5H2,1H3. The molecule has 0 radical (unpaired) electrons. The van der Waals surface area contributed by atoms with Crippen LogP contribution in [0.3, 0.4) is 0 Å². The average molecular weight is 359 g/mol. The Kier molecular flexibility index (Phi) is 4.62. The van der Waals surface area contributed by atoms with Crippen molar-refractivity contribution in [3.05, 3.63) is 35.4 Å². The van der Waals surface area contributed by atoms with Crippen LogP contribution in [0.1, 0.15) is 18.9 Å². The lowest BCUT2D eigenvalue weighted by Gasteiger charge is -2.18. The van der Waals surface area contributed by atoms with Gasteiger partial charge in [-0.3, -0.25) is 4.18 Å². The summed E-state index contributed by atoms with van der Waals surface area (Å²) in [5.74, 6) is -1.73. The molecule has 23 heavy (non-hydrogen) atoms. The van der Waals surface area contributed by atoms with Gasteiger partial charge in [-0.05, 0) is 19.1 Å². The number of oxime groups is 1. The van der Waals surface area contributed by atoms with Gasteiger partial charge in [0.2, 0.25) is 0 Å². The summed E-state index contributed by atoms with van der Waals surface area (Å²) in [6, 6.07) is 2.57. The van der Waals surface area contributed by atoms with Crippen LogP contribution >= 0.6 is 0 Å². The Morgan fingerprint density at radius 2 is 1.83 bits per heavy atom. The Balaban J connectivity index is 2.07. The lowest BCUT2D eigenvalue weighted by atomic mass is 10.0. The quantitative estimate of drug-likeness (QED) is 0.471. The van der Waals surface area contributed by atoms with Crippen molar-refractivity contribution in [3.8, 4) is 0 Å². The molecule has 2 unspecified atom stereocenters. The summed E-state index contributed by atoms with van der Waals surface area (Å²) < 4.78 is 88.8. The lowest BCUT2D eigenvalue weighted by molar-refractivity contribution is -0.0649. The highest BCUT2D eigenvalue weighted by molar-refractivity contribution is 7.87. The molecule has 0 N–H and O–H groups in total. The summed E-state index contributed by atoms with van der Waals surface area (Å²) in [5, 5.41) is 3.51. The molecule has 1 heterocycles. The van der Waals surface area contributed by atoms with Crippen LogP contribution in [-0.2, 0) is 19.1 Å². The zero-order chi connectivity index (χ0) is 17.4. The molecule has 0 saturated carbocycles. The Labute approximate surface area is 127 Å². The molecule has 2 atom stereocenters. The van der Waals surface area contributed by atoms with Crippen molar-refractivity contribution in [1.82, 2.24) is 0 Å². The van der Waals surface area contributed by atoms with Crippen LogP contribution in [0, 0.1) is 11.6 Å². The summed E-state index contributed by atoms with van der Waals surface area (Å²) in [4.78, 5) is 4.81. The summed E-state index contributed by atoms with van der Waals surface area (Å²) in [5.41, 5.74) is -5.46. The van der Waals surface area contributed by atoms with Gasteiger partial charge in [0.1, 0.15) is 17.7 Å². The maximum absolute atomic E-state index is 13.1. The molecule has 5 nitrogen and oxygen atoms in total. The van der Waals surface area contributed by atoms with E-state index in [-0.39, 0.29) is 17.7 Å². The SMILES string of the molecule is CC(OS(=O)(=O)C(F)(F)F)C1CC(c2cc(F)cc(F)c2)=NO1. The fourth-order valence-electron chi connectivity index (χ4n) is 1.86. The van der Waals surface area contributed by atoms with Crippen LogP contribution in [-0.4, -0.2) is 31.8 Å². The highest BCUT2D eigenvalue weighted by Crippen LogP contribution is 2.29. The van der Waals surface area contributed by atoms with Crippen molar-refractivity contribution in [2.75, 3.05) is 0 Å². The van der Waals surface area contributed by atoms with Gasteiger partial charge in [-0.1, -0.05) is 5.16 Å². The van der Waals surface area contributed by atoms with E-state index in [9.17, 15) is 30.4 Å². The normalized spacial score (nSPS) is 20.1. The molecular formula is C12H10F5NO4S. The first-order chi connectivity index (χ1) is 10.5. The third-order valence-electron chi connectivity index (χ3n) is 2.97. The predicted octanol–water partition coefficient (Wildman–Crippen LogP) is 2.71. The molecule has 128 valence electrons. The summed E-state index contributed by atoms with van der Waals surface area (Å²) >= 11 is 0. The minimum atomic E-state index is -5.78. The molecule has 0 bridgehead atoms. The maximum atomic E-state index is 13.1. The van der Waals surface area contributed by atoms with Gasteiger partial charge in [0.05, 0.1) is 5.71 Å². The number of hydrogen-bond acceptors (Lipinski definition) is 5. The third-order valence-corrected chi connectivity index (χ3v) is 4.10. The van der Waals surface area contributed by atoms with E-state index >= 15 is 0 Å². The summed E-state index contributed by atoms with van der Waals surface area (Å²) in [7, 11) is -5.78. The fraction of sp³-hybridized carbons (Fsp3) is 0.417. The van der Waals surface area contributed by atoms with Crippen molar-refractivity contribution < 1.29 is 39.4 Å². The van der Waals surface area contributed by atoms with Crippen molar-refractivity contribution in [2.45, 2.75) is 31.1 Å². The van der Waals surface area contributed by atoms with Crippen LogP contribution in [0.5, 0.6) is 0 Å². The monoisotopic (exact) mass is 359 g/mol. The molecule has 11 heteroatoms. The summed E-state index contributed by atoms with van der Waals surface area (Å²) in [6.07, 6.45) is -2.81. The van der Waals surface area contributed by atoms with E-state index in [0.717, 1.165) is 19.1 Å². The minimum absolute atomic E-state index is 0.0379. The van der Waals surface area contributed by atoms with Gasteiger partial charge in [-0.15, -0.1) is 0 Å². The first-order valence-corrected chi connectivity index (χ1v) is 7.59. The first-order valence-electron chi connectivity index (χ1n) is 6.18. The maximum Gasteiger partial charge on any atom is 0.523 e. The van der Waals surface area contributed by atoms with E-state index in [1.165, 1.54) is 0 Å². The van der Waals surface area contributed by atoms with Crippen LogP contribution < -0.4 is 0 Å².